The summed E-state index contributed by atoms with van der Waals surface area (Å²) in [5.41, 5.74) is 0.179. The quantitative estimate of drug-likeness (QED) is 0.857. The highest BCUT2D eigenvalue weighted by atomic mass is 35.5. The van der Waals surface area contributed by atoms with Crippen molar-refractivity contribution in [3.8, 4) is 5.75 Å². The molecule has 6 heteroatoms. The zero-order valence-electron chi connectivity index (χ0n) is 13.9. The Balaban J connectivity index is 1.51. The smallest absolute Gasteiger partial charge is 0.240 e. The van der Waals surface area contributed by atoms with Crippen LogP contribution in [0.5, 0.6) is 5.75 Å². The second kappa shape index (κ2) is 5.89. The van der Waals surface area contributed by atoms with Crippen LogP contribution in [0.2, 0.25) is 5.02 Å². The van der Waals surface area contributed by atoms with E-state index in [0.29, 0.717) is 17.3 Å². The third-order valence-electron chi connectivity index (χ3n) is 6.24. The summed E-state index contributed by atoms with van der Waals surface area (Å²) in [6, 6.07) is 4.59. The summed E-state index contributed by atoms with van der Waals surface area (Å²) in [6.45, 7) is 0.559. The second-order valence-electron chi connectivity index (χ2n) is 8.04. The summed E-state index contributed by atoms with van der Waals surface area (Å²) in [5, 5.41) is 0.414. The number of ether oxygens (including phenoxy) is 1. The number of hydrogen-bond donors (Lipinski definition) is 1. The van der Waals surface area contributed by atoms with E-state index in [1.165, 1.54) is 57.8 Å². The molecule has 0 atom stereocenters. The summed E-state index contributed by atoms with van der Waals surface area (Å²) in [4.78, 5) is 0.216. The number of rotatable bonds is 5. The largest absolute Gasteiger partial charge is 0.495 e. The van der Waals surface area contributed by atoms with Gasteiger partial charge in [0.2, 0.25) is 10.0 Å². The fourth-order valence-electron chi connectivity index (χ4n) is 5.65. The molecule has 1 aromatic rings. The molecule has 4 nitrogen and oxygen atoms in total. The average Bonchev–Trinajstić information content (AvgIpc) is 2.52. The van der Waals surface area contributed by atoms with Gasteiger partial charge in [-0.15, -0.1) is 0 Å². The summed E-state index contributed by atoms with van der Waals surface area (Å²) >= 11 is 5.99. The standard InChI is InChI=1S/C18H24ClNO3S/c1-23-17-7-15(2-3-16(17)19)24(21,22)20-11-18-8-12-4-13(9-18)6-14(5-12)10-18/h2-3,7,12-14,20H,4-6,8-11H2,1H3. The van der Waals surface area contributed by atoms with Crippen LogP contribution in [0.3, 0.4) is 0 Å². The van der Waals surface area contributed by atoms with Crippen molar-refractivity contribution in [1.29, 1.82) is 0 Å². The Morgan fingerprint density at radius 3 is 2.29 bits per heavy atom. The maximum absolute atomic E-state index is 12.7. The molecule has 4 bridgehead atoms. The highest BCUT2D eigenvalue weighted by molar-refractivity contribution is 7.89. The molecule has 0 spiro atoms. The highest BCUT2D eigenvalue weighted by Crippen LogP contribution is 2.59. The lowest BCUT2D eigenvalue weighted by Crippen LogP contribution is -2.51. The zero-order valence-corrected chi connectivity index (χ0v) is 15.5. The fourth-order valence-corrected chi connectivity index (χ4v) is 7.01. The summed E-state index contributed by atoms with van der Waals surface area (Å²) in [5.74, 6) is 2.83. The van der Waals surface area contributed by atoms with Gasteiger partial charge in [-0.3, -0.25) is 0 Å². The van der Waals surface area contributed by atoms with Crippen LogP contribution in [0.4, 0.5) is 0 Å². The van der Waals surface area contributed by atoms with Gasteiger partial charge in [0.05, 0.1) is 17.0 Å². The number of nitrogens with one attached hydrogen (secondary N) is 1. The Morgan fingerprint density at radius 1 is 1.17 bits per heavy atom. The molecule has 24 heavy (non-hydrogen) atoms. The molecule has 132 valence electrons. The lowest BCUT2D eigenvalue weighted by molar-refractivity contribution is -0.0487. The topological polar surface area (TPSA) is 55.4 Å². The third kappa shape index (κ3) is 2.95. The van der Waals surface area contributed by atoms with Gasteiger partial charge in [0.1, 0.15) is 5.75 Å². The Labute approximate surface area is 149 Å². The van der Waals surface area contributed by atoms with E-state index in [1.807, 2.05) is 0 Å². The van der Waals surface area contributed by atoms with Crippen molar-refractivity contribution in [3.63, 3.8) is 0 Å². The third-order valence-corrected chi connectivity index (χ3v) is 7.95. The predicted molar refractivity (Wildman–Crippen MR) is 93.8 cm³/mol. The zero-order chi connectivity index (χ0) is 16.9. The van der Waals surface area contributed by atoms with Gasteiger partial charge < -0.3 is 4.74 Å². The Hall–Kier alpha value is -0.780. The summed E-state index contributed by atoms with van der Waals surface area (Å²) in [7, 11) is -2.06. The molecule has 0 heterocycles. The Morgan fingerprint density at radius 2 is 1.75 bits per heavy atom. The van der Waals surface area contributed by atoms with E-state index in [9.17, 15) is 8.42 Å². The molecule has 0 amide bonds. The molecule has 4 saturated carbocycles. The van der Waals surface area contributed by atoms with Gasteiger partial charge >= 0.3 is 0 Å². The number of hydrogen-bond acceptors (Lipinski definition) is 3. The lowest BCUT2D eigenvalue weighted by atomic mass is 9.50. The van der Waals surface area contributed by atoms with Crippen LogP contribution >= 0.6 is 11.6 Å². The first-order chi connectivity index (χ1) is 11.4. The van der Waals surface area contributed by atoms with E-state index in [2.05, 4.69) is 4.72 Å². The number of sulfonamides is 1. The van der Waals surface area contributed by atoms with E-state index in [0.717, 1.165) is 17.8 Å². The molecule has 1 aromatic carbocycles. The Kier molecular flexibility index (Phi) is 4.09. The average molecular weight is 370 g/mol. The molecule has 5 rings (SSSR count). The second-order valence-corrected chi connectivity index (χ2v) is 10.2. The van der Waals surface area contributed by atoms with Crippen molar-refractivity contribution < 1.29 is 13.2 Å². The van der Waals surface area contributed by atoms with Gasteiger partial charge in [0.15, 0.2) is 0 Å². The number of methoxy groups -OCH3 is 1. The van der Waals surface area contributed by atoms with Gasteiger partial charge in [0.25, 0.3) is 0 Å². The van der Waals surface area contributed by atoms with Crippen molar-refractivity contribution >= 4 is 21.6 Å². The molecular weight excluding hydrogens is 346 g/mol. The van der Waals surface area contributed by atoms with Crippen molar-refractivity contribution in [1.82, 2.24) is 4.72 Å². The highest BCUT2D eigenvalue weighted by Gasteiger charge is 2.50. The lowest BCUT2D eigenvalue weighted by Gasteiger charge is -2.56. The SMILES string of the molecule is COc1cc(S(=O)(=O)NCC23CC4CC(CC(C4)C2)C3)ccc1Cl. The fraction of sp³-hybridized carbons (Fsp3) is 0.667. The van der Waals surface area contributed by atoms with Crippen molar-refractivity contribution in [2.75, 3.05) is 13.7 Å². The van der Waals surface area contributed by atoms with Crippen LogP contribution in [0, 0.1) is 23.2 Å². The molecule has 4 fully saturated rings. The number of benzene rings is 1. The van der Waals surface area contributed by atoms with Crippen LogP contribution in [0.25, 0.3) is 0 Å². The van der Waals surface area contributed by atoms with Crippen molar-refractivity contribution in [2.24, 2.45) is 23.2 Å². The van der Waals surface area contributed by atoms with Crippen LogP contribution < -0.4 is 9.46 Å². The van der Waals surface area contributed by atoms with E-state index in [-0.39, 0.29) is 10.3 Å². The molecule has 4 aliphatic rings. The molecule has 1 N–H and O–H groups in total. The van der Waals surface area contributed by atoms with Crippen LogP contribution in [0.15, 0.2) is 23.1 Å². The first-order valence-electron chi connectivity index (χ1n) is 8.72. The monoisotopic (exact) mass is 369 g/mol. The van der Waals surface area contributed by atoms with Gasteiger partial charge in [-0.25, -0.2) is 13.1 Å². The minimum Gasteiger partial charge on any atom is -0.495 e. The molecule has 4 aliphatic carbocycles. The van der Waals surface area contributed by atoms with Crippen LogP contribution in [-0.4, -0.2) is 22.1 Å². The summed E-state index contributed by atoms with van der Waals surface area (Å²) in [6.07, 6.45) is 7.64. The maximum atomic E-state index is 12.7. The minimum absolute atomic E-state index is 0.179. The van der Waals surface area contributed by atoms with Crippen LogP contribution in [-0.2, 0) is 10.0 Å². The van der Waals surface area contributed by atoms with Gasteiger partial charge in [-0.1, -0.05) is 11.6 Å². The Bertz CT molecular complexity index is 711. The normalized spacial score (nSPS) is 34.5. The predicted octanol–water partition coefficient (Wildman–Crippen LogP) is 3.84. The van der Waals surface area contributed by atoms with E-state index >= 15 is 0 Å². The maximum Gasteiger partial charge on any atom is 0.240 e. The molecular formula is C18H24ClNO3S. The first-order valence-corrected chi connectivity index (χ1v) is 10.6. The molecule has 0 aliphatic heterocycles. The van der Waals surface area contributed by atoms with E-state index in [1.54, 1.807) is 6.07 Å². The van der Waals surface area contributed by atoms with Gasteiger partial charge in [-0.2, -0.15) is 0 Å². The van der Waals surface area contributed by atoms with Crippen molar-refractivity contribution in [3.05, 3.63) is 23.2 Å². The molecule has 0 saturated heterocycles. The van der Waals surface area contributed by atoms with Crippen LogP contribution in [0.1, 0.15) is 38.5 Å². The molecule has 0 unspecified atom stereocenters. The first kappa shape index (κ1) is 16.7. The molecule has 0 radical (unpaired) electrons. The minimum atomic E-state index is -3.54. The van der Waals surface area contributed by atoms with Gasteiger partial charge in [-0.05, 0) is 73.8 Å². The van der Waals surface area contributed by atoms with Crippen molar-refractivity contribution in [2.45, 2.75) is 43.4 Å². The number of halogens is 1. The van der Waals surface area contributed by atoms with E-state index < -0.39 is 10.0 Å². The molecule has 0 aromatic heterocycles. The van der Waals surface area contributed by atoms with E-state index in [4.69, 9.17) is 16.3 Å². The van der Waals surface area contributed by atoms with Gasteiger partial charge in [0, 0.05) is 12.6 Å². The summed E-state index contributed by atoms with van der Waals surface area (Å²) < 4.78 is 33.4.